The van der Waals surface area contributed by atoms with Crippen LogP contribution < -0.4 is 10.3 Å². The lowest BCUT2D eigenvalue weighted by atomic mass is 10.1. The molecule has 2 aromatic rings. The fraction of sp³-hybridized carbons (Fsp3) is 0.273. The van der Waals surface area contributed by atoms with E-state index in [1.165, 1.54) is 6.33 Å². The number of hydrogen-bond acceptors (Lipinski definition) is 3. The standard InChI is InChI=1S/C11H12N2O2/c1-6-4-8(15-3)7(2)9-10(6)12-5-13-11(9)14/h4-5H,1-3H3,(H,12,13,14). The van der Waals surface area contributed by atoms with Gasteiger partial charge in [-0.1, -0.05) is 0 Å². The molecule has 1 aromatic carbocycles. The van der Waals surface area contributed by atoms with Crippen molar-refractivity contribution in [2.24, 2.45) is 0 Å². The first kappa shape index (κ1) is 9.71. The first-order valence-electron chi connectivity index (χ1n) is 4.66. The first-order chi connectivity index (χ1) is 7.15. The molecular weight excluding hydrogens is 192 g/mol. The summed E-state index contributed by atoms with van der Waals surface area (Å²) in [7, 11) is 1.60. The molecule has 0 aliphatic rings. The molecule has 1 heterocycles. The molecule has 0 aliphatic heterocycles. The summed E-state index contributed by atoms with van der Waals surface area (Å²) in [4.78, 5) is 18.4. The molecule has 0 unspecified atom stereocenters. The predicted octanol–water partition coefficient (Wildman–Crippen LogP) is 1.55. The number of fused-ring (bicyclic) bond motifs is 1. The fourth-order valence-electron chi connectivity index (χ4n) is 1.76. The highest BCUT2D eigenvalue weighted by Crippen LogP contribution is 2.26. The highest BCUT2D eigenvalue weighted by molar-refractivity contribution is 5.86. The molecule has 0 amide bonds. The van der Waals surface area contributed by atoms with E-state index in [1.807, 2.05) is 19.9 Å². The largest absolute Gasteiger partial charge is 0.496 e. The molecule has 0 fully saturated rings. The van der Waals surface area contributed by atoms with Crippen LogP contribution in [0.1, 0.15) is 11.1 Å². The number of aromatic amines is 1. The maximum Gasteiger partial charge on any atom is 0.258 e. The van der Waals surface area contributed by atoms with Gasteiger partial charge in [0.15, 0.2) is 0 Å². The van der Waals surface area contributed by atoms with Crippen LogP contribution in [0.5, 0.6) is 5.75 Å². The average molecular weight is 204 g/mol. The molecule has 1 N–H and O–H groups in total. The molecule has 2 rings (SSSR count). The van der Waals surface area contributed by atoms with Crippen molar-refractivity contribution < 1.29 is 4.74 Å². The van der Waals surface area contributed by atoms with Crippen molar-refractivity contribution in [3.05, 3.63) is 33.9 Å². The smallest absolute Gasteiger partial charge is 0.258 e. The first-order valence-corrected chi connectivity index (χ1v) is 4.66. The Kier molecular flexibility index (Phi) is 2.19. The van der Waals surface area contributed by atoms with E-state index in [0.29, 0.717) is 5.39 Å². The third kappa shape index (κ3) is 1.38. The molecule has 0 saturated heterocycles. The zero-order valence-electron chi connectivity index (χ0n) is 8.92. The van der Waals surface area contributed by atoms with Gasteiger partial charge in [-0.15, -0.1) is 0 Å². The number of hydrogen-bond donors (Lipinski definition) is 1. The third-order valence-electron chi connectivity index (χ3n) is 2.54. The van der Waals surface area contributed by atoms with Crippen molar-refractivity contribution in [2.75, 3.05) is 7.11 Å². The summed E-state index contributed by atoms with van der Waals surface area (Å²) in [5.74, 6) is 0.721. The Morgan fingerprint density at radius 3 is 2.80 bits per heavy atom. The van der Waals surface area contributed by atoms with Gasteiger partial charge in [0.1, 0.15) is 5.75 Å². The van der Waals surface area contributed by atoms with Gasteiger partial charge in [-0.2, -0.15) is 0 Å². The van der Waals surface area contributed by atoms with Gasteiger partial charge in [0.25, 0.3) is 5.56 Å². The summed E-state index contributed by atoms with van der Waals surface area (Å²) in [6.07, 6.45) is 1.42. The zero-order chi connectivity index (χ0) is 11.0. The van der Waals surface area contributed by atoms with Crippen molar-refractivity contribution in [3.63, 3.8) is 0 Å². The maximum absolute atomic E-state index is 11.7. The number of ether oxygens (including phenoxy) is 1. The summed E-state index contributed by atoms with van der Waals surface area (Å²) >= 11 is 0. The van der Waals surface area contributed by atoms with Crippen molar-refractivity contribution in [1.29, 1.82) is 0 Å². The van der Waals surface area contributed by atoms with Gasteiger partial charge >= 0.3 is 0 Å². The second-order valence-electron chi connectivity index (χ2n) is 3.48. The summed E-state index contributed by atoms with van der Waals surface area (Å²) in [5.41, 5.74) is 2.38. The minimum absolute atomic E-state index is 0.125. The summed E-state index contributed by atoms with van der Waals surface area (Å²) in [6, 6.07) is 1.89. The Balaban J connectivity index is 3.01. The van der Waals surface area contributed by atoms with Crippen LogP contribution in [0.25, 0.3) is 10.9 Å². The zero-order valence-corrected chi connectivity index (χ0v) is 8.92. The van der Waals surface area contributed by atoms with Gasteiger partial charge in [-0.05, 0) is 25.5 Å². The number of rotatable bonds is 1. The number of methoxy groups -OCH3 is 1. The lowest BCUT2D eigenvalue weighted by molar-refractivity contribution is 0.412. The van der Waals surface area contributed by atoms with Crippen molar-refractivity contribution >= 4 is 10.9 Å². The van der Waals surface area contributed by atoms with E-state index in [2.05, 4.69) is 9.97 Å². The Morgan fingerprint density at radius 1 is 1.40 bits per heavy atom. The van der Waals surface area contributed by atoms with Gasteiger partial charge in [0, 0.05) is 5.56 Å². The van der Waals surface area contributed by atoms with Crippen LogP contribution in [-0.4, -0.2) is 17.1 Å². The van der Waals surface area contributed by atoms with Gasteiger partial charge in [-0.3, -0.25) is 4.79 Å². The molecule has 4 heteroatoms. The van der Waals surface area contributed by atoms with Crippen molar-refractivity contribution in [2.45, 2.75) is 13.8 Å². The normalized spacial score (nSPS) is 10.6. The molecular formula is C11H12N2O2. The second-order valence-corrected chi connectivity index (χ2v) is 3.48. The highest BCUT2D eigenvalue weighted by atomic mass is 16.5. The second kappa shape index (κ2) is 3.38. The van der Waals surface area contributed by atoms with Crippen LogP contribution >= 0.6 is 0 Å². The Hall–Kier alpha value is -1.84. The number of aryl methyl sites for hydroxylation is 2. The molecule has 15 heavy (non-hydrogen) atoms. The summed E-state index contributed by atoms with van der Waals surface area (Å²) in [5, 5.41) is 0.606. The molecule has 0 radical (unpaired) electrons. The van der Waals surface area contributed by atoms with Crippen LogP contribution in [-0.2, 0) is 0 Å². The Bertz CT molecular complexity index is 573. The van der Waals surface area contributed by atoms with Gasteiger partial charge in [0.05, 0.1) is 24.3 Å². The van der Waals surface area contributed by atoms with Crippen molar-refractivity contribution in [1.82, 2.24) is 9.97 Å². The lowest BCUT2D eigenvalue weighted by Gasteiger charge is -2.09. The Morgan fingerprint density at radius 2 is 2.13 bits per heavy atom. The molecule has 0 spiro atoms. The number of nitrogens with one attached hydrogen (secondary N) is 1. The summed E-state index contributed by atoms with van der Waals surface area (Å²) in [6.45, 7) is 3.77. The number of aromatic nitrogens is 2. The Labute approximate surface area is 86.9 Å². The number of nitrogens with zero attached hydrogens (tertiary/aromatic N) is 1. The summed E-state index contributed by atoms with van der Waals surface area (Å²) < 4.78 is 5.21. The number of H-pyrrole nitrogens is 1. The van der Waals surface area contributed by atoms with Crippen LogP contribution in [0.3, 0.4) is 0 Å². The lowest BCUT2D eigenvalue weighted by Crippen LogP contribution is -2.09. The van der Waals surface area contributed by atoms with Crippen LogP contribution in [0.4, 0.5) is 0 Å². The van der Waals surface area contributed by atoms with Gasteiger partial charge in [-0.25, -0.2) is 4.98 Å². The van der Waals surface area contributed by atoms with Crippen LogP contribution in [0.15, 0.2) is 17.2 Å². The van der Waals surface area contributed by atoms with E-state index in [1.54, 1.807) is 7.11 Å². The van der Waals surface area contributed by atoms with E-state index < -0.39 is 0 Å². The number of benzene rings is 1. The SMILES string of the molecule is COc1cc(C)c2nc[nH]c(=O)c2c1C. The fourth-order valence-corrected chi connectivity index (χ4v) is 1.76. The van der Waals surface area contributed by atoms with E-state index in [4.69, 9.17) is 4.74 Å². The van der Waals surface area contributed by atoms with Crippen LogP contribution in [0, 0.1) is 13.8 Å². The highest BCUT2D eigenvalue weighted by Gasteiger charge is 2.10. The molecule has 0 aliphatic carbocycles. The van der Waals surface area contributed by atoms with Crippen LogP contribution in [0.2, 0.25) is 0 Å². The van der Waals surface area contributed by atoms with E-state index in [-0.39, 0.29) is 5.56 Å². The molecule has 0 bridgehead atoms. The van der Waals surface area contributed by atoms with Gasteiger partial charge < -0.3 is 9.72 Å². The minimum atomic E-state index is -0.125. The van der Waals surface area contributed by atoms with Crippen molar-refractivity contribution in [3.8, 4) is 5.75 Å². The van der Waals surface area contributed by atoms with E-state index in [0.717, 1.165) is 22.4 Å². The minimum Gasteiger partial charge on any atom is -0.496 e. The maximum atomic E-state index is 11.7. The quantitative estimate of drug-likeness (QED) is 0.766. The topological polar surface area (TPSA) is 55.0 Å². The van der Waals surface area contributed by atoms with E-state index in [9.17, 15) is 4.79 Å². The molecule has 1 aromatic heterocycles. The molecule has 0 saturated carbocycles. The van der Waals surface area contributed by atoms with E-state index >= 15 is 0 Å². The monoisotopic (exact) mass is 204 g/mol. The predicted molar refractivity (Wildman–Crippen MR) is 58.4 cm³/mol. The molecule has 78 valence electrons. The van der Waals surface area contributed by atoms with Gasteiger partial charge in [0.2, 0.25) is 0 Å². The average Bonchev–Trinajstić information content (AvgIpc) is 2.23. The molecule has 0 atom stereocenters. The molecule has 4 nitrogen and oxygen atoms in total. The third-order valence-corrected chi connectivity index (χ3v) is 2.54.